The van der Waals surface area contributed by atoms with Gasteiger partial charge in [0, 0.05) is 25.1 Å². The number of likely N-dealkylation sites (tertiary alicyclic amines) is 1. The lowest BCUT2D eigenvalue weighted by Gasteiger charge is -2.25. The van der Waals surface area contributed by atoms with Crippen LogP contribution in [0.2, 0.25) is 0 Å². The molecule has 0 radical (unpaired) electrons. The van der Waals surface area contributed by atoms with E-state index in [0.29, 0.717) is 42.9 Å². The zero-order valence-corrected chi connectivity index (χ0v) is 18.5. The average Bonchev–Trinajstić information content (AvgIpc) is 3.09. The van der Waals surface area contributed by atoms with Gasteiger partial charge in [0.15, 0.2) is 0 Å². The maximum atomic E-state index is 13.1. The van der Waals surface area contributed by atoms with Gasteiger partial charge in [0.2, 0.25) is 0 Å². The smallest absolute Gasteiger partial charge is 0.295 e. The normalized spacial score (nSPS) is 17.6. The van der Waals surface area contributed by atoms with Crippen LogP contribution >= 0.6 is 0 Å². The van der Waals surface area contributed by atoms with E-state index < -0.39 is 17.7 Å². The zero-order valence-electron chi connectivity index (χ0n) is 18.5. The van der Waals surface area contributed by atoms with Gasteiger partial charge in [0.1, 0.15) is 11.5 Å². The number of hydrogen-bond donors (Lipinski definition) is 2. The molecule has 3 aromatic rings. The van der Waals surface area contributed by atoms with Gasteiger partial charge in [-0.3, -0.25) is 9.59 Å². The molecule has 4 rings (SSSR count). The molecular weight excluding hydrogens is 418 g/mol. The average molecular weight is 446 g/mol. The number of aliphatic hydroxyl groups is 2. The van der Waals surface area contributed by atoms with E-state index in [1.807, 2.05) is 49.4 Å². The minimum atomic E-state index is -0.710. The number of ketones is 1. The van der Waals surface area contributed by atoms with Crippen LogP contribution in [0.4, 0.5) is 0 Å². The van der Waals surface area contributed by atoms with Crippen LogP contribution in [0.1, 0.15) is 36.9 Å². The van der Waals surface area contributed by atoms with Gasteiger partial charge >= 0.3 is 0 Å². The first-order valence-corrected chi connectivity index (χ1v) is 11.2. The van der Waals surface area contributed by atoms with Gasteiger partial charge < -0.3 is 19.8 Å². The van der Waals surface area contributed by atoms with Gasteiger partial charge in [0.25, 0.3) is 11.7 Å². The van der Waals surface area contributed by atoms with E-state index in [1.54, 1.807) is 24.3 Å². The molecule has 0 bridgehead atoms. The summed E-state index contributed by atoms with van der Waals surface area (Å²) in [6.07, 6.45) is 1.17. The first-order chi connectivity index (χ1) is 16.0. The van der Waals surface area contributed by atoms with Crippen molar-refractivity contribution < 1.29 is 24.5 Å². The number of aliphatic hydroxyl groups excluding tert-OH is 2. The fourth-order valence-electron chi connectivity index (χ4n) is 4.22. The third-order valence-corrected chi connectivity index (χ3v) is 5.77. The topological polar surface area (TPSA) is 87.1 Å². The molecule has 6 heteroatoms. The lowest BCUT2D eigenvalue weighted by molar-refractivity contribution is -0.139. The lowest BCUT2D eigenvalue weighted by atomic mass is 9.94. The number of fused-ring (bicyclic) bond motifs is 1. The summed E-state index contributed by atoms with van der Waals surface area (Å²) in [6.45, 7) is 2.71. The Morgan fingerprint density at radius 2 is 1.79 bits per heavy atom. The summed E-state index contributed by atoms with van der Waals surface area (Å²) in [5.74, 6) is -0.912. The molecule has 3 aromatic carbocycles. The van der Waals surface area contributed by atoms with Crippen LogP contribution in [-0.2, 0) is 9.59 Å². The van der Waals surface area contributed by atoms with Crippen molar-refractivity contribution in [2.75, 3.05) is 19.8 Å². The highest BCUT2D eigenvalue weighted by molar-refractivity contribution is 6.46. The van der Waals surface area contributed by atoms with Gasteiger partial charge in [-0.1, -0.05) is 55.5 Å². The second kappa shape index (κ2) is 9.88. The largest absolute Gasteiger partial charge is 0.507 e. The van der Waals surface area contributed by atoms with Crippen LogP contribution in [0, 0.1) is 0 Å². The van der Waals surface area contributed by atoms with Gasteiger partial charge in [0.05, 0.1) is 18.2 Å². The Hall–Kier alpha value is -3.64. The van der Waals surface area contributed by atoms with E-state index in [0.717, 1.165) is 10.8 Å². The van der Waals surface area contributed by atoms with Crippen LogP contribution < -0.4 is 4.74 Å². The van der Waals surface area contributed by atoms with Crippen LogP contribution in [-0.4, -0.2) is 46.6 Å². The van der Waals surface area contributed by atoms with E-state index in [2.05, 4.69) is 0 Å². The van der Waals surface area contributed by atoms with Gasteiger partial charge in [-0.15, -0.1) is 0 Å². The second-order valence-corrected chi connectivity index (χ2v) is 8.05. The van der Waals surface area contributed by atoms with E-state index in [4.69, 9.17) is 9.84 Å². The Morgan fingerprint density at radius 3 is 2.55 bits per heavy atom. The van der Waals surface area contributed by atoms with Crippen molar-refractivity contribution in [3.63, 3.8) is 0 Å². The molecule has 0 saturated carbocycles. The van der Waals surface area contributed by atoms with Crippen molar-refractivity contribution in [2.24, 2.45) is 0 Å². The van der Waals surface area contributed by atoms with Crippen molar-refractivity contribution >= 4 is 28.2 Å². The summed E-state index contributed by atoms with van der Waals surface area (Å²) >= 11 is 0. The van der Waals surface area contributed by atoms with Crippen molar-refractivity contribution in [2.45, 2.75) is 25.8 Å². The van der Waals surface area contributed by atoms with Gasteiger partial charge in [-0.05, 0) is 41.0 Å². The SMILES string of the molecule is CCCN1C(=O)C(=O)/C(=C(\O)c2ccc3ccccc3c2)C1c1cccc(OCCCO)c1. The van der Waals surface area contributed by atoms with E-state index >= 15 is 0 Å². The third kappa shape index (κ3) is 4.47. The predicted molar refractivity (Wildman–Crippen MR) is 127 cm³/mol. The van der Waals surface area contributed by atoms with Crippen LogP contribution in [0.15, 0.2) is 72.3 Å². The van der Waals surface area contributed by atoms with Crippen LogP contribution in [0.5, 0.6) is 5.75 Å². The van der Waals surface area contributed by atoms with E-state index in [1.165, 1.54) is 4.90 Å². The highest BCUT2D eigenvalue weighted by atomic mass is 16.5. The van der Waals surface area contributed by atoms with Crippen molar-refractivity contribution in [3.8, 4) is 5.75 Å². The van der Waals surface area contributed by atoms with Gasteiger partial charge in [-0.25, -0.2) is 0 Å². The maximum absolute atomic E-state index is 13.1. The quantitative estimate of drug-likeness (QED) is 0.232. The van der Waals surface area contributed by atoms with Crippen LogP contribution in [0.25, 0.3) is 16.5 Å². The maximum Gasteiger partial charge on any atom is 0.295 e. The summed E-state index contributed by atoms with van der Waals surface area (Å²) in [4.78, 5) is 27.5. The van der Waals surface area contributed by atoms with Crippen molar-refractivity contribution in [1.29, 1.82) is 0 Å². The molecule has 1 aliphatic rings. The number of ether oxygens (including phenoxy) is 1. The predicted octanol–water partition coefficient (Wildman–Crippen LogP) is 4.43. The number of carbonyl (C=O) groups is 2. The molecule has 2 N–H and O–H groups in total. The molecule has 0 aliphatic carbocycles. The monoisotopic (exact) mass is 445 g/mol. The summed E-state index contributed by atoms with van der Waals surface area (Å²) in [5.41, 5.74) is 1.26. The van der Waals surface area contributed by atoms with E-state index in [-0.39, 0.29) is 17.9 Å². The summed E-state index contributed by atoms with van der Waals surface area (Å²) in [5, 5.41) is 22.2. The van der Waals surface area contributed by atoms with Crippen LogP contribution in [0.3, 0.4) is 0 Å². The molecule has 1 atom stereocenters. The zero-order chi connectivity index (χ0) is 23.4. The highest BCUT2D eigenvalue weighted by Gasteiger charge is 2.45. The summed E-state index contributed by atoms with van der Waals surface area (Å²) < 4.78 is 5.70. The molecule has 1 heterocycles. The van der Waals surface area contributed by atoms with Crippen molar-refractivity contribution in [1.82, 2.24) is 4.90 Å². The number of nitrogens with zero attached hydrogens (tertiary/aromatic N) is 1. The van der Waals surface area contributed by atoms with Crippen molar-refractivity contribution in [3.05, 3.63) is 83.4 Å². The standard InChI is InChI=1S/C27H27NO5/c1-2-13-28-24(20-9-5-10-22(17-20)33-15-6-14-29)23(26(31)27(28)32)25(30)21-12-11-18-7-3-4-8-19(18)16-21/h3-5,7-12,16-17,24,29-30H,2,6,13-15H2,1H3/b25-23-. The number of amides is 1. The summed E-state index contributed by atoms with van der Waals surface area (Å²) in [6, 6.07) is 19.7. The van der Waals surface area contributed by atoms with E-state index in [9.17, 15) is 14.7 Å². The third-order valence-electron chi connectivity index (χ3n) is 5.77. The fraction of sp³-hybridized carbons (Fsp3) is 0.259. The number of rotatable bonds is 8. The molecule has 1 fully saturated rings. The molecule has 1 amide bonds. The number of carbonyl (C=O) groups excluding carboxylic acids is 2. The summed E-state index contributed by atoms with van der Waals surface area (Å²) in [7, 11) is 0. The Bertz CT molecular complexity index is 1220. The first kappa shape index (κ1) is 22.6. The lowest BCUT2D eigenvalue weighted by Crippen LogP contribution is -2.30. The van der Waals surface area contributed by atoms with Gasteiger partial charge in [-0.2, -0.15) is 0 Å². The Balaban J connectivity index is 1.81. The molecular formula is C27H27NO5. The second-order valence-electron chi connectivity index (χ2n) is 8.05. The highest BCUT2D eigenvalue weighted by Crippen LogP contribution is 2.40. The Labute approximate surface area is 192 Å². The molecule has 0 aromatic heterocycles. The molecule has 1 aliphatic heterocycles. The Morgan fingerprint density at radius 1 is 1.00 bits per heavy atom. The first-order valence-electron chi connectivity index (χ1n) is 11.2. The molecule has 1 saturated heterocycles. The molecule has 170 valence electrons. The fourth-order valence-corrected chi connectivity index (χ4v) is 4.22. The minimum Gasteiger partial charge on any atom is -0.507 e. The molecule has 0 spiro atoms. The Kier molecular flexibility index (Phi) is 6.75. The molecule has 1 unspecified atom stereocenters. The number of hydrogen-bond acceptors (Lipinski definition) is 5. The number of benzene rings is 3. The number of Topliss-reactive ketones (excluding diaryl/α,β-unsaturated/α-hetero) is 1. The minimum absolute atomic E-state index is 0.0299. The molecule has 6 nitrogen and oxygen atoms in total. The molecule has 33 heavy (non-hydrogen) atoms.